The number of hydrogen-bond donors (Lipinski definition) is 0. The third-order valence-electron chi connectivity index (χ3n) is 4.52. The number of hydrogen-bond acceptors (Lipinski definition) is 6. The molecule has 0 radical (unpaired) electrons. The van der Waals surface area contributed by atoms with Gasteiger partial charge in [-0.05, 0) is 38.0 Å². The fourth-order valence-electron chi connectivity index (χ4n) is 3.27. The van der Waals surface area contributed by atoms with E-state index in [0.29, 0.717) is 17.9 Å². The fraction of sp³-hybridized carbons (Fsp3) is 0.316. The summed E-state index contributed by atoms with van der Waals surface area (Å²) in [5.74, 6) is 1.10. The second-order valence-corrected chi connectivity index (χ2v) is 6.35. The molecule has 1 aliphatic heterocycles. The number of benzene rings is 1. The van der Waals surface area contributed by atoms with Crippen LogP contribution < -0.4 is 10.4 Å². The lowest BCUT2D eigenvalue weighted by Crippen LogP contribution is -2.34. The summed E-state index contributed by atoms with van der Waals surface area (Å²) >= 11 is 0. The van der Waals surface area contributed by atoms with Crippen molar-refractivity contribution in [2.75, 3.05) is 13.2 Å². The molecule has 1 aliphatic rings. The zero-order valence-electron chi connectivity index (χ0n) is 14.3. The lowest BCUT2D eigenvalue weighted by atomic mass is 10.1. The lowest BCUT2D eigenvalue weighted by molar-refractivity contribution is -0.134. The van der Waals surface area contributed by atoms with E-state index in [-0.39, 0.29) is 18.6 Å². The first-order valence-corrected chi connectivity index (χ1v) is 8.49. The van der Waals surface area contributed by atoms with Crippen LogP contribution in [0.4, 0.5) is 0 Å². The maximum Gasteiger partial charge on any atom is 0.336 e. The number of amides is 1. The van der Waals surface area contributed by atoms with Gasteiger partial charge >= 0.3 is 5.63 Å². The van der Waals surface area contributed by atoms with Gasteiger partial charge in [-0.1, -0.05) is 5.16 Å². The van der Waals surface area contributed by atoms with Crippen molar-refractivity contribution in [2.24, 2.45) is 0 Å². The van der Waals surface area contributed by atoms with Crippen LogP contribution in [0, 0.1) is 6.92 Å². The topological polar surface area (TPSA) is 85.8 Å². The summed E-state index contributed by atoms with van der Waals surface area (Å²) in [6, 6.07) is 10.00. The van der Waals surface area contributed by atoms with Crippen molar-refractivity contribution in [1.29, 1.82) is 0 Å². The number of likely N-dealkylation sites (tertiary alicyclic amines) is 1. The van der Waals surface area contributed by atoms with Gasteiger partial charge in [-0.15, -0.1) is 0 Å². The molecule has 1 amide bonds. The quantitative estimate of drug-likeness (QED) is 0.670. The van der Waals surface area contributed by atoms with E-state index in [2.05, 4.69) is 5.16 Å². The molecule has 0 spiro atoms. The first kappa shape index (κ1) is 16.4. The van der Waals surface area contributed by atoms with Gasteiger partial charge in [0.15, 0.2) is 6.61 Å². The molecule has 1 saturated heterocycles. The van der Waals surface area contributed by atoms with E-state index in [1.807, 2.05) is 13.0 Å². The van der Waals surface area contributed by atoms with Gasteiger partial charge in [-0.25, -0.2) is 4.79 Å². The Balaban J connectivity index is 1.45. The second-order valence-electron chi connectivity index (χ2n) is 6.35. The Hall–Kier alpha value is -3.09. The van der Waals surface area contributed by atoms with Crippen molar-refractivity contribution in [3.63, 3.8) is 0 Å². The van der Waals surface area contributed by atoms with Crippen molar-refractivity contribution < 1.29 is 18.5 Å². The number of carbonyl (C=O) groups excluding carboxylic acids is 1. The average Bonchev–Trinajstić information content (AvgIpc) is 3.28. The number of aryl methyl sites for hydroxylation is 1. The summed E-state index contributed by atoms with van der Waals surface area (Å²) in [5.41, 5.74) is 0.786. The van der Waals surface area contributed by atoms with Gasteiger partial charge < -0.3 is 18.6 Å². The van der Waals surface area contributed by atoms with Gasteiger partial charge in [0.2, 0.25) is 0 Å². The van der Waals surface area contributed by atoms with Crippen LogP contribution in [0.2, 0.25) is 0 Å². The van der Waals surface area contributed by atoms with Crippen molar-refractivity contribution in [3.05, 3.63) is 58.3 Å². The van der Waals surface area contributed by atoms with Crippen molar-refractivity contribution in [1.82, 2.24) is 10.1 Å². The van der Waals surface area contributed by atoms with Crippen molar-refractivity contribution >= 4 is 16.9 Å². The highest BCUT2D eigenvalue weighted by Gasteiger charge is 2.32. The normalized spacial score (nSPS) is 17.0. The molecule has 26 heavy (non-hydrogen) atoms. The molecule has 0 bridgehead atoms. The Morgan fingerprint density at radius 3 is 2.96 bits per heavy atom. The molecule has 1 unspecified atom stereocenters. The van der Waals surface area contributed by atoms with Crippen LogP contribution in [-0.4, -0.2) is 29.1 Å². The number of rotatable bonds is 4. The molecule has 1 atom stereocenters. The first-order chi connectivity index (χ1) is 12.6. The molecule has 4 rings (SSSR count). The van der Waals surface area contributed by atoms with Gasteiger partial charge in [-0.3, -0.25) is 4.79 Å². The molecule has 2 aromatic heterocycles. The van der Waals surface area contributed by atoms with Gasteiger partial charge in [0.1, 0.15) is 22.8 Å². The Morgan fingerprint density at radius 1 is 1.31 bits per heavy atom. The SMILES string of the molecule is Cc1cc(C2CCCN2C(=O)COc2ccc3ccc(=O)oc3c2)no1. The summed E-state index contributed by atoms with van der Waals surface area (Å²) in [7, 11) is 0. The van der Waals surface area contributed by atoms with Crippen LogP contribution in [0.3, 0.4) is 0 Å². The van der Waals surface area contributed by atoms with Crippen LogP contribution in [0.5, 0.6) is 5.75 Å². The van der Waals surface area contributed by atoms with E-state index in [0.717, 1.165) is 29.7 Å². The first-order valence-electron chi connectivity index (χ1n) is 8.49. The molecular weight excluding hydrogens is 336 g/mol. The van der Waals surface area contributed by atoms with Gasteiger partial charge in [-0.2, -0.15) is 0 Å². The number of fused-ring (bicyclic) bond motifs is 1. The highest BCUT2D eigenvalue weighted by atomic mass is 16.5. The molecule has 3 aromatic rings. The highest BCUT2D eigenvalue weighted by molar-refractivity contribution is 5.80. The average molecular weight is 354 g/mol. The van der Waals surface area contributed by atoms with E-state index in [1.54, 1.807) is 29.2 Å². The largest absolute Gasteiger partial charge is 0.484 e. The second kappa shape index (κ2) is 6.67. The van der Waals surface area contributed by atoms with E-state index in [1.165, 1.54) is 6.07 Å². The van der Waals surface area contributed by atoms with E-state index >= 15 is 0 Å². The van der Waals surface area contributed by atoms with E-state index in [9.17, 15) is 9.59 Å². The van der Waals surface area contributed by atoms with Crippen molar-refractivity contribution in [2.45, 2.75) is 25.8 Å². The van der Waals surface area contributed by atoms with Crippen LogP contribution in [0.15, 0.2) is 50.1 Å². The van der Waals surface area contributed by atoms with Gasteiger partial charge in [0.05, 0.1) is 6.04 Å². The summed E-state index contributed by atoms with van der Waals surface area (Å²) < 4.78 is 15.9. The maximum absolute atomic E-state index is 12.6. The third kappa shape index (κ3) is 3.20. The molecule has 0 saturated carbocycles. The van der Waals surface area contributed by atoms with Gasteiger partial charge in [0.25, 0.3) is 5.91 Å². The summed E-state index contributed by atoms with van der Waals surface area (Å²) in [6.07, 6.45) is 1.78. The number of nitrogens with zero attached hydrogens (tertiary/aromatic N) is 2. The molecule has 1 aromatic carbocycles. The standard InChI is InChI=1S/C19H18N2O5/c1-12-9-15(20-26-12)16-3-2-8-21(16)18(22)11-24-14-6-4-13-5-7-19(23)25-17(13)10-14/h4-7,9-10,16H,2-3,8,11H2,1H3. The smallest absolute Gasteiger partial charge is 0.336 e. The minimum atomic E-state index is -0.423. The Kier molecular flexibility index (Phi) is 4.20. The molecule has 0 aliphatic carbocycles. The summed E-state index contributed by atoms with van der Waals surface area (Å²) in [5, 5.41) is 4.84. The molecular formula is C19H18N2O5. The Bertz CT molecular complexity index is 1010. The number of aromatic nitrogens is 1. The Labute approximate surface area is 149 Å². The molecule has 7 nitrogen and oxygen atoms in total. The third-order valence-corrected chi connectivity index (χ3v) is 4.52. The minimum absolute atomic E-state index is 0.0711. The predicted octanol–water partition coefficient (Wildman–Crippen LogP) is 2.83. The monoisotopic (exact) mass is 354 g/mol. The molecule has 0 N–H and O–H groups in total. The summed E-state index contributed by atoms with van der Waals surface area (Å²) in [6.45, 7) is 2.42. The van der Waals surface area contributed by atoms with E-state index in [4.69, 9.17) is 13.7 Å². The maximum atomic E-state index is 12.6. The van der Waals surface area contributed by atoms with Crippen molar-refractivity contribution in [3.8, 4) is 5.75 Å². The summed E-state index contributed by atoms with van der Waals surface area (Å²) in [4.78, 5) is 25.7. The van der Waals surface area contributed by atoms with Crippen LogP contribution in [-0.2, 0) is 4.79 Å². The Morgan fingerprint density at radius 2 is 2.15 bits per heavy atom. The lowest BCUT2D eigenvalue weighted by Gasteiger charge is -2.23. The number of carbonyl (C=O) groups is 1. The highest BCUT2D eigenvalue weighted by Crippen LogP contribution is 2.31. The van der Waals surface area contributed by atoms with E-state index < -0.39 is 5.63 Å². The zero-order chi connectivity index (χ0) is 18.1. The van der Waals surface area contributed by atoms with Crippen LogP contribution >= 0.6 is 0 Å². The minimum Gasteiger partial charge on any atom is -0.484 e. The zero-order valence-corrected chi connectivity index (χ0v) is 14.3. The fourth-order valence-corrected chi connectivity index (χ4v) is 3.27. The predicted molar refractivity (Wildman–Crippen MR) is 92.9 cm³/mol. The molecule has 7 heteroatoms. The molecule has 134 valence electrons. The number of ether oxygens (including phenoxy) is 1. The van der Waals surface area contributed by atoms with Gasteiger partial charge in [0, 0.05) is 30.1 Å². The van der Waals surface area contributed by atoms with Crippen LogP contribution in [0.1, 0.15) is 30.3 Å². The molecule has 3 heterocycles. The van der Waals surface area contributed by atoms with Crippen LogP contribution in [0.25, 0.3) is 11.0 Å². The molecule has 1 fully saturated rings.